The summed E-state index contributed by atoms with van der Waals surface area (Å²) in [6.45, 7) is 6.99. The lowest BCUT2D eigenvalue weighted by molar-refractivity contribution is 1.36. The highest BCUT2D eigenvalue weighted by molar-refractivity contribution is 7.78. The molecule has 2 aromatic rings. The first-order valence-corrected chi connectivity index (χ1v) is 4.60. The van der Waals surface area contributed by atoms with E-state index in [0.29, 0.717) is 11.5 Å². The summed E-state index contributed by atoms with van der Waals surface area (Å²) in [5.41, 5.74) is 0.646. The maximum Gasteiger partial charge on any atom is 0.277 e. The summed E-state index contributed by atoms with van der Waals surface area (Å²) in [4.78, 5) is 11.3. The van der Waals surface area contributed by atoms with E-state index in [1.807, 2.05) is 24.3 Å². The van der Waals surface area contributed by atoms with Crippen LogP contribution in [-0.2, 0) is 0 Å². The molecule has 2 rings (SSSR count). The second-order valence-corrected chi connectivity index (χ2v) is 3.01. The van der Waals surface area contributed by atoms with Crippen LogP contribution < -0.4 is 0 Å². The van der Waals surface area contributed by atoms with Gasteiger partial charge >= 0.3 is 0 Å². The van der Waals surface area contributed by atoms with Crippen LogP contribution in [0.4, 0.5) is 11.5 Å². The first-order valence-electron chi connectivity index (χ1n) is 4.20. The Morgan fingerprint density at radius 3 is 2.73 bits per heavy atom. The molecule has 0 bridgehead atoms. The summed E-state index contributed by atoms with van der Waals surface area (Å²) >= 11 is 4.55. The van der Waals surface area contributed by atoms with E-state index in [1.54, 1.807) is 0 Å². The summed E-state index contributed by atoms with van der Waals surface area (Å²) in [5.74, 6) is 0.383. The number of hydrogen-bond donors (Lipinski definition) is 0. The third-order valence-corrected chi connectivity index (χ3v) is 2.12. The van der Waals surface area contributed by atoms with Gasteiger partial charge in [-0.1, -0.05) is 30.8 Å². The zero-order valence-corrected chi connectivity index (χ0v) is 8.45. The van der Waals surface area contributed by atoms with E-state index in [0.717, 1.165) is 10.8 Å². The van der Waals surface area contributed by atoms with Gasteiger partial charge in [-0.15, -0.1) is 4.98 Å². The van der Waals surface area contributed by atoms with Crippen molar-refractivity contribution in [2.75, 3.05) is 0 Å². The number of benzene rings is 1. The Hall–Kier alpha value is -2.08. The molecule has 0 aliphatic heterocycles. The molecule has 0 amide bonds. The second kappa shape index (κ2) is 3.97. The molecule has 0 fully saturated rings. The monoisotopic (exact) mass is 211 g/mol. The molecule has 0 N–H and O–H groups in total. The topological polar surface area (TPSA) is 29.6 Å². The number of pyridine rings is 1. The van der Waals surface area contributed by atoms with Crippen LogP contribution in [0.2, 0.25) is 0 Å². The van der Waals surface area contributed by atoms with Gasteiger partial charge in [0.2, 0.25) is 0 Å². The molecule has 15 heavy (non-hydrogen) atoms. The normalized spacial score (nSPS) is 9.27. The Kier molecular flexibility index (Phi) is 2.51. The van der Waals surface area contributed by atoms with Crippen molar-refractivity contribution < 1.29 is 0 Å². The Balaban J connectivity index is 2.90. The van der Waals surface area contributed by atoms with Crippen LogP contribution in [0.1, 0.15) is 0 Å². The van der Waals surface area contributed by atoms with Crippen LogP contribution in [0.15, 0.2) is 35.5 Å². The molecule has 1 heterocycles. The molecular weight excluding hydrogens is 206 g/mol. The molecule has 0 radical (unpaired) electrons. The number of nitrogens with zero attached hydrogens (tertiary/aromatic N) is 3. The average Bonchev–Trinajstić information content (AvgIpc) is 2.30. The minimum absolute atomic E-state index is 0.383. The standard InChI is InChI=1S/C11H5N3S/c1-12-11-9-5-3-2-4-8(9)10(6-13-11)14-7-15/h2-6H. The fraction of sp³-hybridized carbons (Fsp3) is 0. The first kappa shape index (κ1) is 9.47. The number of rotatable bonds is 1. The highest BCUT2D eigenvalue weighted by Crippen LogP contribution is 2.30. The third-order valence-electron chi connectivity index (χ3n) is 2.03. The van der Waals surface area contributed by atoms with E-state index in [4.69, 9.17) is 6.57 Å². The van der Waals surface area contributed by atoms with Gasteiger partial charge in [-0.25, -0.2) is 0 Å². The van der Waals surface area contributed by atoms with Crippen molar-refractivity contribution in [1.82, 2.24) is 4.98 Å². The van der Waals surface area contributed by atoms with Crippen molar-refractivity contribution in [3.05, 3.63) is 41.9 Å². The maximum atomic E-state index is 6.99. The smallest absolute Gasteiger partial charge is 0.277 e. The number of aliphatic imine (C=N–C) groups is 1. The lowest BCUT2D eigenvalue weighted by Crippen LogP contribution is -1.78. The van der Waals surface area contributed by atoms with E-state index in [9.17, 15) is 0 Å². The predicted octanol–water partition coefficient (Wildman–Crippen LogP) is 3.52. The van der Waals surface area contributed by atoms with Gasteiger partial charge in [0, 0.05) is 10.8 Å². The van der Waals surface area contributed by atoms with E-state index >= 15 is 0 Å². The lowest BCUT2D eigenvalue weighted by Gasteiger charge is -2.00. The van der Waals surface area contributed by atoms with Crippen molar-refractivity contribution in [2.45, 2.75) is 0 Å². The maximum absolute atomic E-state index is 6.99. The molecule has 0 saturated carbocycles. The fourth-order valence-corrected chi connectivity index (χ4v) is 1.49. The Bertz CT molecular complexity index is 607. The molecule has 0 saturated heterocycles. The lowest BCUT2D eigenvalue weighted by atomic mass is 10.1. The van der Waals surface area contributed by atoms with Crippen molar-refractivity contribution in [3.8, 4) is 0 Å². The fourth-order valence-electron chi connectivity index (χ4n) is 1.39. The number of fused-ring (bicyclic) bond motifs is 1. The molecular formula is C11H5N3S. The van der Waals surface area contributed by atoms with Crippen molar-refractivity contribution in [3.63, 3.8) is 0 Å². The number of aromatic nitrogens is 1. The molecule has 1 aromatic carbocycles. The van der Waals surface area contributed by atoms with Gasteiger partial charge in [0.1, 0.15) is 11.9 Å². The number of hydrogen-bond acceptors (Lipinski definition) is 3. The van der Waals surface area contributed by atoms with E-state index in [-0.39, 0.29) is 0 Å². The first-order chi connectivity index (χ1) is 7.36. The molecule has 0 unspecified atom stereocenters. The molecule has 0 atom stereocenters. The van der Waals surface area contributed by atoms with Gasteiger partial charge in [-0.05, 0) is 12.2 Å². The molecule has 4 heteroatoms. The highest BCUT2D eigenvalue weighted by atomic mass is 32.1. The van der Waals surface area contributed by atoms with Gasteiger partial charge in [-0.3, -0.25) is 0 Å². The number of thiocarbonyl (C=S) groups is 1. The average molecular weight is 211 g/mol. The van der Waals surface area contributed by atoms with E-state index in [1.165, 1.54) is 6.20 Å². The quantitative estimate of drug-likeness (QED) is 0.410. The van der Waals surface area contributed by atoms with E-state index in [2.05, 4.69) is 32.2 Å². The van der Waals surface area contributed by atoms with Gasteiger partial charge < -0.3 is 4.85 Å². The van der Waals surface area contributed by atoms with Crippen LogP contribution in [-0.4, -0.2) is 10.1 Å². The van der Waals surface area contributed by atoms with Crippen molar-refractivity contribution in [2.24, 2.45) is 4.99 Å². The Morgan fingerprint density at radius 2 is 2.07 bits per heavy atom. The summed E-state index contributed by atoms with van der Waals surface area (Å²) in [5, 5.41) is 3.97. The summed E-state index contributed by atoms with van der Waals surface area (Å²) in [6, 6.07) is 7.48. The SMILES string of the molecule is [C-]#[N+]c1ncc(N=C=S)c2ccccc12. The second-order valence-electron chi connectivity index (χ2n) is 2.83. The van der Waals surface area contributed by atoms with Crippen LogP contribution in [0, 0.1) is 6.57 Å². The van der Waals surface area contributed by atoms with Crippen LogP contribution >= 0.6 is 12.2 Å². The third kappa shape index (κ3) is 1.62. The molecule has 0 aliphatic rings. The summed E-state index contributed by atoms with van der Waals surface area (Å²) < 4.78 is 0. The van der Waals surface area contributed by atoms with Crippen LogP contribution in [0.5, 0.6) is 0 Å². The van der Waals surface area contributed by atoms with Gasteiger partial charge in [0.25, 0.3) is 5.82 Å². The molecule has 70 valence electrons. The van der Waals surface area contributed by atoms with Crippen LogP contribution in [0.3, 0.4) is 0 Å². The largest absolute Gasteiger partial charge is 0.360 e. The Morgan fingerprint density at radius 1 is 1.33 bits per heavy atom. The molecule has 1 aromatic heterocycles. The summed E-state index contributed by atoms with van der Waals surface area (Å²) in [6.07, 6.45) is 1.54. The van der Waals surface area contributed by atoms with Gasteiger partial charge in [0.05, 0.1) is 5.16 Å². The Labute approximate surface area is 91.9 Å². The molecule has 0 spiro atoms. The summed E-state index contributed by atoms with van der Waals surface area (Å²) in [7, 11) is 0. The van der Waals surface area contributed by atoms with E-state index < -0.39 is 0 Å². The zero-order chi connectivity index (χ0) is 10.7. The van der Waals surface area contributed by atoms with Crippen molar-refractivity contribution in [1.29, 1.82) is 0 Å². The predicted molar refractivity (Wildman–Crippen MR) is 62.7 cm³/mol. The van der Waals surface area contributed by atoms with Gasteiger partial charge in [0.15, 0.2) is 0 Å². The minimum atomic E-state index is 0.383. The minimum Gasteiger partial charge on any atom is -0.360 e. The molecule has 0 aliphatic carbocycles. The van der Waals surface area contributed by atoms with Crippen molar-refractivity contribution >= 4 is 39.7 Å². The highest BCUT2D eigenvalue weighted by Gasteiger charge is 2.06. The van der Waals surface area contributed by atoms with Gasteiger partial charge in [-0.2, -0.15) is 4.99 Å². The number of isothiocyanates is 1. The zero-order valence-electron chi connectivity index (χ0n) is 7.64. The van der Waals surface area contributed by atoms with Crippen LogP contribution in [0.25, 0.3) is 15.6 Å². The molecule has 3 nitrogen and oxygen atoms in total.